The molecule has 3 aliphatic rings. The molecule has 0 aromatic carbocycles. The van der Waals surface area contributed by atoms with Gasteiger partial charge in [0.25, 0.3) is 0 Å². The Morgan fingerprint density at radius 1 is 0.750 bits per heavy atom. The second-order valence-electron chi connectivity index (χ2n) is 11.0. The summed E-state index contributed by atoms with van der Waals surface area (Å²) < 4.78 is 3.94. The minimum absolute atomic E-state index is 0. The third kappa shape index (κ3) is 4.19. The van der Waals surface area contributed by atoms with Crippen molar-refractivity contribution < 1.29 is 48.0 Å². The zero-order valence-corrected chi connectivity index (χ0v) is 24.4. The Morgan fingerprint density at radius 3 is 1.32 bits per heavy atom. The average molecular weight is 517 g/mol. The SMILES string of the molecule is CCC1C=C(C(C)(C)C)C2=[C]1[Zr+2][C]1=C(C(C(C)(C)C)=CC1CC)[Si]2(C)C.[Cl-].[Cl-]. The van der Waals surface area contributed by atoms with E-state index in [1.165, 1.54) is 12.8 Å². The van der Waals surface area contributed by atoms with E-state index in [9.17, 15) is 0 Å². The minimum Gasteiger partial charge on any atom is -1.00 e. The standard InChI is InChI=1S/C24H38Si.2ClH.Zr/c1-11-17-13-19(23(3,4)5)21(15-17)25(9,10)22-16-18(12-2)14-20(22)24(6,7)8;;;/h13-14,17-18H,11-12H2,1-10H3;2*1H;/q;;;+2/p-2. The van der Waals surface area contributed by atoms with Gasteiger partial charge in [-0.1, -0.05) is 0 Å². The Morgan fingerprint density at radius 2 is 1.07 bits per heavy atom. The molecule has 0 radical (unpaired) electrons. The Balaban J connectivity index is 0.00000196. The van der Waals surface area contributed by atoms with Crippen molar-refractivity contribution in [3.63, 3.8) is 0 Å². The van der Waals surface area contributed by atoms with Crippen molar-refractivity contribution in [3.05, 3.63) is 40.3 Å². The van der Waals surface area contributed by atoms with Gasteiger partial charge >= 0.3 is 176 Å². The van der Waals surface area contributed by atoms with Gasteiger partial charge in [-0.05, 0) is 0 Å². The molecular weight excluding hydrogens is 478 g/mol. The number of hydrogen-bond acceptors (Lipinski definition) is 0. The van der Waals surface area contributed by atoms with Crippen molar-refractivity contribution in [2.24, 2.45) is 22.7 Å². The van der Waals surface area contributed by atoms with Crippen LogP contribution in [0.5, 0.6) is 0 Å². The van der Waals surface area contributed by atoms with Crippen LogP contribution < -0.4 is 24.8 Å². The molecule has 0 aromatic heterocycles. The molecule has 0 spiro atoms. The Hall–Kier alpha value is 0.640. The summed E-state index contributed by atoms with van der Waals surface area (Å²) in [7, 11) is -1.65. The van der Waals surface area contributed by atoms with Gasteiger partial charge in [0.2, 0.25) is 0 Å². The van der Waals surface area contributed by atoms with Crippen molar-refractivity contribution in [3.8, 4) is 0 Å². The fraction of sp³-hybridized carbons (Fsp3) is 0.667. The van der Waals surface area contributed by atoms with E-state index in [1.807, 2.05) is 17.0 Å². The molecule has 0 saturated carbocycles. The number of hydrogen-bond donors (Lipinski definition) is 0. The topological polar surface area (TPSA) is 0 Å². The van der Waals surface area contributed by atoms with Gasteiger partial charge in [-0.3, -0.25) is 0 Å². The first-order valence-electron chi connectivity index (χ1n) is 10.6. The third-order valence-corrected chi connectivity index (χ3v) is 15.8. The molecule has 0 N–H and O–H groups in total. The van der Waals surface area contributed by atoms with Crippen LogP contribution in [0.2, 0.25) is 13.1 Å². The number of allylic oxidation sites excluding steroid dienone is 8. The van der Waals surface area contributed by atoms with Gasteiger partial charge in [0.15, 0.2) is 0 Å². The molecule has 0 saturated heterocycles. The third-order valence-electron chi connectivity index (χ3n) is 6.57. The van der Waals surface area contributed by atoms with Crippen molar-refractivity contribution in [2.75, 3.05) is 0 Å². The second-order valence-corrected chi connectivity index (χ2v) is 18.5. The molecule has 3 rings (SSSR count). The molecule has 0 amide bonds. The minimum atomic E-state index is -1.65. The molecule has 156 valence electrons. The summed E-state index contributed by atoms with van der Waals surface area (Å²) in [4.78, 5) is 0. The van der Waals surface area contributed by atoms with Crippen LogP contribution in [0.15, 0.2) is 40.3 Å². The van der Waals surface area contributed by atoms with Gasteiger partial charge in [-0.15, -0.1) is 0 Å². The van der Waals surface area contributed by atoms with Gasteiger partial charge in [0.05, 0.1) is 0 Å². The number of halogens is 2. The molecule has 2 atom stereocenters. The largest absolute Gasteiger partial charge is 1.00 e. The van der Waals surface area contributed by atoms with Crippen molar-refractivity contribution in [2.45, 2.75) is 81.3 Å². The molecule has 0 nitrogen and oxygen atoms in total. The molecule has 28 heavy (non-hydrogen) atoms. The second kappa shape index (κ2) is 8.64. The zero-order chi connectivity index (χ0) is 19.7. The molecule has 1 heterocycles. The van der Waals surface area contributed by atoms with Gasteiger partial charge < -0.3 is 24.8 Å². The molecule has 2 unspecified atom stereocenters. The first-order valence-corrected chi connectivity index (χ1v) is 16.0. The Bertz CT molecular complexity index is 692. The van der Waals surface area contributed by atoms with Crippen LogP contribution in [0.3, 0.4) is 0 Å². The molecule has 4 heteroatoms. The van der Waals surface area contributed by atoms with E-state index in [0.717, 1.165) is 11.8 Å². The maximum atomic E-state index is 2.70. The zero-order valence-electron chi connectivity index (χ0n) is 19.5. The summed E-state index contributed by atoms with van der Waals surface area (Å²) in [6, 6.07) is 0. The first-order chi connectivity index (χ1) is 11.8. The number of rotatable bonds is 2. The van der Waals surface area contributed by atoms with E-state index in [-0.39, 0.29) is 35.6 Å². The van der Waals surface area contributed by atoms with Gasteiger partial charge in [-0.2, -0.15) is 0 Å². The van der Waals surface area contributed by atoms with Gasteiger partial charge in [-0.25, -0.2) is 0 Å². The summed E-state index contributed by atoms with van der Waals surface area (Å²) in [6.07, 6.45) is 7.99. The maximum Gasteiger partial charge on any atom is -1.00 e. The monoisotopic (exact) mass is 514 g/mol. The van der Waals surface area contributed by atoms with Crippen LogP contribution in [0.4, 0.5) is 0 Å². The normalized spacial score (nSPS) is 25.6. The Labute approximate surface area is 199 Å². The van der Waals surface area contributed by atoms with Gasteiger partial charge in [0.1, 0.15) is 0 Å². The molecule has 0 fully saturated rings. The van der Waals surface area contributed by atoms with Crippen LogP contribution >= 0.6 is 0 Å². The summed E-state index contributed by atoms with van der Waals surface area (Å²) >= 11 is -0.656. The summed E-state index contributed by atoms with van der Waals surface area (Å²) in [6.45, 7) is 24.8. The quantitative estimate of drug-likeness (QED) is 0.487. The summed E-state index contributed by atoms with van der Waals surface area (Å²) in [5, 5.41) is 3.79. The van der Waals surface area contributed by atoms with Crippen molar-refractivity contribution >= 4 is 8.07 Å². The van der Waals surface area contributed by atoms with E-state index >= 15 is 0 Å². The van der Waals surface area contributed by atoms with Crippen molar-refractivity contribution in [1.29, 1.82) is 0 Å². The van der Waals surface area contributed by atoms with E-state index in [1.54, 1.807) is 11.1 Å². The summed E-state index contributed by atoms with van der Waals surface area (Å²) in [5.74, 6) is 1.51. The van der Waals surface area contributed by atoms with E-state index < -0.39 is 31.3 Å². The van der Waals surface area contributed by atoms with E-state index in [0.29, 0.717) is 0 Å². The van der Waals surface area contributed by atoms with E-state index in [4.69, 9.17) is 0 Å². The van der Waals surface area contributed by atoms with Crippen LogP contribution in [-0.4, -0.2) is 8.07 Å². The van der Waals surface area contributed by atoms with E-state index in [2.05, 4.69) is 80.6 Å². The maximum absolute atomic E-state index is 2.70. The van der Waals surface area contributed by atoms with Crippen LogP contribution in [0, 0.1) is 22.7 Å². The molecule has 0 aromatic rings. The van der Waals surface area contributed by atoms with Crippen LogP contribution in [0.1, 0.15) is 68.2 Å². The fourth-order valence-electron chi connectivity index (χ4n) is 5.22. The van der Waals surface area contributed by atoms with Crippen molar-refractivity contribution in [1.82, 2.24) is 0 Å². The average Bonchev–Trinajstić information content (AvgIpc) is 3.05. The molecule has 0 bridgehead atoms. The van der Waals surface area contributed by atoms with Crippen LogP contribution in [0.25, 0.3) is 0 Å². The predicted octanol–water partition coefficient (Wildman–Crippen LogP) is 1.41. The molecular formula is C24H38Cl2SiZr. The molecule has 1 aliphatic heterocycles. The fourth-order valence-corrected chi connectivity index (χ4v) is 19.1. The smallest absolute Gasteiger partial charge is 1.00 e. The predicted molar refractivity (Wildman–Crippen MR) is 114 cm³/mol. The summed E-state index contributed by atoms with van der Waals surface area (Å²) in [5.41, 5.74) is 4.00. The van der Waals surface area contributed by atoms with Crippen LogP contribution in [-0.2, 0) is 23.2 Å². The Kier molecular flexibility index (Phi) is 8.23. The first kappa shape index (κ1) is 26.7. The van der Waals surface area contributed by atoms with Gasteiger partial charge in [0, 0.05) is 0 Å². The molecule has 2 aliphatic carbocycles.